The van der Waals surface area contributed by atoms with Crippen LogP contribution in [0.2, 0.25) is 0 Å². The lowest BCUT2D eigenvalue weighted by atomic mass is 9.82. The normalized spacial score (nSPS) is 12.2. The molecule has 0 unspecified atom stereocenters. The molecule has 0 aromatic heterocycles. The Balaban J connectivity index is 1.05. The summed E-state index contributed by atoms with van der Waals surface area (Å²) >= 11 is 0. The zero-order valence-corrected chi connectivity index (χ0v) is 40.0. The lowest BCUT2D eigenvalue weighted by Crippen LogP contribution is -2.17. The Morgan fingerprint density at radius 3 is 1.17 bits per heavy atom. The molecule has 12 rings (SSSR count). The van der Waals surface area contributed by atoms with Crippen molar-refractivity contribution in [2.75, 3.05) is 9.80 Å². The molecule has 0 amide bonds. The van der Waals surface area contributed by atoms with Gasteiger partial charge in [0.1, 0.15) is 0 Å². The van der Waals surface area contributed by atoms with E-state index >= 15 is 0 Å². The number of benzene rings is 11. The molecule has 0 aliphatic heterocycles. The second-order valence-corrected chi connectivity index (χ2v) is 18.9. The molecule has 0 radical (unpaired) electrons. The van der Waals surface area contributed by atoms with Gasteiger partial charge in [0.05, 0.1) is 0 Å². The molecule has 0 bridgehead atoms. The average molecular weight is 909 g/mol. The lowest BCUT2D eigenvalue weighted by molar-refractivity contribution is 0.660. The average Bonchev–Trinajstić information content (AvgIpc) is 3.67. The number of para-hydroxylation sites is 2. The van der Waals surface area contributed by atoms with Crippen molar-refractivity contribution in [1.82, 2.24) is 0 Å². The Morgan fingerprint density at radius 1 is 0.225 bits per heavy atom. The molecule has 0 saturated carbocycles. The van der Waals surface area contributed by atoms with Crippen molar-refractivity contribution in [2.24, 2.45) is 0 Å². The number of nitrogens with zero attached hydrogens (tertiary/aromatic N) is 2. The highest BCUT2D eigenvalue weighted by atomic mass is 15.2. The van der Waals surface area contributed by atoms with Crippen LogP contribution in [0.5, 0.6) is 0 Å². The molecule has 11 aromatic carbocycles. The van der Waals surface area contributed by atoms with Gasteiger partial charge in [0, 0.05) is 39.5 Å². The molecule has 0 saturated heterocycles. The van der Waals surface area contributed by atoms with Crippen LogP contribution in [0.15, 0.2) is 279 Å². The first-order valence-corrected chi connectivity index (χ1v) is 24.6. The van der Waals surface area contributed by atoms with Crippen LogP contribution in [0, 0.1) is 0 Å². The zero-order valence-electron chi connectivity index (χ0n) is 40.0. The van der Waals surface area contributed by atoms with Crippen LogP contribution in [0.1, 0.15) is 25.0 Å². The number of anilines is 6. The van der Waals surface area contributed by atoms with E-state index in [0.717, 1.165) is 45.3 Å². The standard InChI is InChI=1S/C69H52N2/c1-69(2)66-34-19-18-31-64(66)65-44-43-59(48-67(65)69)71(57-29-16-7-17-30-57)61-46-55(45-60(47-61)70(56-27-14-6-15-28-56)58-41-39-50(40-42-58)49-21-8-3-9-22-49)51-35-37-54(38-36-51)68-62(52-23-10-4-11-24-52)32-20-33-63(68)53-25-12-5-13-26-53/h3-48H,1-2H3. The molecule has 2 heteroatoms. The number of hydrogen-bond donors (Lipinski definition) is 0. The van der Waals surface area contributed by atoms with Crippen molar-refractivity contribution in [1.29, 1.82) is 0 Å². The summed E-state index contributed by atoms with van der Waals surface area (Å²) < 4.78 is 0. The molecule has 1 aliphatic rings. The Bertz CT molecular complexity index is 3570. The highest BCUT2D eigenvalue weighted by molar-refractivity contribution is 5.96. The van der Waals surface area contributed by atoms with Crippen LogP contribution in [-0.2, 0) is 5.41 Å². The number of rotatable bonds is 11. The molecule has 0 fully saturated rings. The van der Waals surface area contributed by atoms with Gasteiger partial charge in [-0.2, -0.15) is 0 Å². The molecule has 338 valence electrons. The van der Waals surface area contributed by atoms with Crippen molar-refractivity contribution < 1.29 is 0 Å². The van der Waals surface area contributed by atoms with Gasteiger partial charge in [0.25, 0.3) is 0 Å². The molecule has 0 spiro atoms. The fourth-order valence-corrected chi connectivity index (χ4v) is 10.7. The second kappa shape index (κ2) is 18.5. The molecule has 0 N–H and O–H groups in total. The van der Waals surface area contributed by atoms with E-state index in [1.165, 1.54) is 66.8 Å². The topological polar surface area (TPSA) is 6.48 Å². The first kappa shape index (κ1) is 43.3. The van der Waals surface area contributed by atoms with Crippen molar-refractivity contribution in [3.63, 3.8) is 0 Å². The minimum Gasteiger partial charge on any atom is -0.310 e. The summed E-state index contributed by atoms with van der Waals surface area (Å²) in [4.78, 5) is 4.83. The van der Waals surface area contributed by atoms with E-state index < -0.39 is 0 Å². The van der Waals surface area contributed by atoms with Gasteiger partial charge in [0.15, 0.2) is 0 Å². The Hall–Kier alpha value is -8.98. The van der Waals surface area contributed by atoms with Gasteiger partial charge in [0.2, 0.25) is 0 Å². The minimum absolute atomic E-state index is 0.158. The van der Waals surface area contributed by atoms with E-state index in [4.69, 9.17) is 0 Å². The van der Waals surface area contributed by atoms with Gasteiger partial charge < -0.3 is 9.80 Å². The maximum absolute atomic E-state index is 2.44. The third kappa shape index (κ3) is 8.20. The summed E-state index contributed by atoms with van der Waals surface area (Å²) in [6.07, 6.45) is 0. The fraction of sp³-hybridized carbons (Fsp3) is 0.0435. The summed E-state index contributed by atoms with van der Waals surface area (Å²) in [7, 11) is 0. The molecule has 11 aromatic rings. The minimum atomic E-state index is -0.158. The van der Waals surface area contributed by atoms with Gasteiger partial charge in [-0.05, 0) is 145 Å². The lowest BCUT2D eigenvalue weighted by Gasteiger charge is -2.31. The summed E-state index contributed by atoms with van der Waals surface area (Å²) in [5.74, 6) is 0. The Labute approximate surface area is 418 Å². The smallest absolute Gasteiger partial charge is 0.0488 e. The maximum atomic E-state index is 2.44. The highest BCUT2D eigenvalue weighted by Gasteiger charge is 2.36. The summed E-state index contributed by atoms with van der Waals surface area (Å²) in [5.41, 5.74) is 23.4. The van der Waals surface area contributed by atoms with Crippen LogP contribution in [-0.4, -0.2) is 0 Å². The third-order valence-electron chi connectivity index (χ3n) is 14.2. The second-order valence-electron chi connectivity index (χ2n) is 18.9. The maximum Gasteiger partial charge on any atom is 0.0488 e. The Morgan fingerprint density at radius 2 is 0.606 bits per heavy atom. The first-order valence-electron chi connectivity index (χ1n) is 24.6. The van der Waals surface area contributed by atoms with E-state index in [0.29, 0.717) is 0 Å². The van der Waals surface area contributed by atoms with Crippen molar-refractivity contribution >= 4 is 34.1 Å². The third-order valence-corrected chi connectivity index (χ3v) is 14.2. The molecule has 0 heterocycles. The summed E-state index contributed by atoms with van der Waals surface area (Å²) in [5, 5.41) is 0. The van der Waals surface area contributed by atoms with E-state index in [-0.39, 0.29) is 5.41 Å². The quantitative estimate of drug-likeness (QED) is 0.128. The van der Waals surface area contributed by atoms with Crippen molar-refractivity contribution in [3.05, 3.63) is 290 Å². The largest absolute Gasteiger partial charge is 0.310 e. The van der Waals surface area contributed by atoms with Crippen LogP contribution in [0.25, 0.3) is 66.8 Å². The van der Waals surface area contributed by atoms with E-state index in [2.05, 4.69) is 303 Å². The van der Waals surface area contributed by atoms with Gasteiger partial charge in [-0.3, -0.25) is 0 Å². The van der Waals surface area contributed by atoms with Crippen molar-refractivity contribution in [3.8, 4) is 66.8 Å². The van der Waals surface area contributed by atoms with Crippen molar-refractivity contribution in [2.45, 2.75) is 19.3 Å². The molecule has 0 atom stereocenters. The summed E-state index contributed by atoms with van der Waals surface area (Å²) in [6, 6.07) is 102. The van der Waals surface area contributed by atoms with E-state index in [1.54, 1.807) is 0 Å². The highest BCUT2D eigenvalue weighted by Crippen LogP contribution is 2.51. The predicted molar refractivity (Wildman–Crippen MR) is 301 cm³/mol. The van der Waals surface area contributed by atoms with Gasteiger partial charge in [-0.1, -0.05) is 226 Å². The van der Waals surface area contributed by atoms with Crippen LogP contribution >= 0.6 is 0 Å². The van der Waals surface area contributed by atoms with Gasteiger partial charge >= 0.3 is 0 Å². The fourth-order valence-electron chi connectivity index (χ4n) is 10.7. The van der Waals surface area contributed by atoms with Gasteiger partial charge in [-0.15, -0.1) is 0 Å². The monoisotopic (exact) mass is 908 g/mol. The Kier molecular flexibility index (Phi) is 11.3. The molecular weight excluding hydrogens is 857 g/mol. The van der Waals surface area contributed by atoms with Gasteiger partial charge in [-0.25, -0.2) is 0 Å². The number of fused-ring (bicyclic) bond motifs is 3. The molecule has 71 heavy (non-hydrogen) atoms. The zero-order chi connectivity index (χ0) is 47.7. The SMILES string of the molecule is CC1(C)c2ccccc2-c2ccc(N(c3ccccc3)c3cc(-c4ccc(-c5c(-c6ccccc6)cccc5-c5ccccc5)cc4)cc(N(c4ccccc4)c4ccc(-c5ccccc5)cc4)c3)cc21. The predicted octanol–water partition coefficient (Wildman–Crippen LogP) is 19.3. The van der Waals surface area contributed by atoms with Crippen LogP contribution in [0.4, 0.5) is 34.1 Å². The van der Waals surface area contributed by atoms with Crippen LogP contribution < -0.4 is 9.80 Å². The summed E-state index contributed by atoms with van der Waals surface area (Å²) in [6.45, 7) is 4.72. The molecular formula is C69H52N2. The van der Waals surface area contributed by atoms with E-state index in [1.807, 2.05) is 0 Å². The first-order chi connectivity index (χ1) is 35.0. The van der Waals surface area contributed by atoms with E-state index in [9.17, 15) is 0 Å². The van der Waals surface area contributed by atoms with Crippen LogP contribution in [0.3, 0.4) is 0 Å². The molecule has 1 aliphatic carbocycles. The molecule has 2 nitrogen and oxygen atoms in total. The number of hydrogen-bond acceptors (Lipinski definition) is 2.